The van der Waals surface area contributed by atoms with Crippen LogP contribution in [0, 0.1) is 0 Å². The van der Waals surface area contributed by atoms with Crippen molar-refractivity contribution in [3.05, 3.63) is 30.1 Å². The fourth-order valence-electron chi connectivity index (χ4n) is 0.738. The minimum atomic E-state index is -0.133. The maximum Gasteiger partial charge on any atom is 0.177 e. The second-order valence-corrected chi connectivity index (χ2v) is 3.60. The van der Waals surface area contributed by atoms with Crippen LogP contribution in [0.25, 0.3) is 0 Å². The van der Waals surface area contributed by atoms with Crippen molar-refractivity contribution in [3.8, 4) is 0 Å². The van der Waals surface area contributed by atoms with E-state index in [-0.39, 0.29) is 10.6 Å². The lowest BCUT2D eigenvalue weighted by Crippen LogP contribution is -2.09. The van der Waals surface area contributed by atoms with Crippen molar-refractivity contribution in [3.63, 3.8) is 0 Å². The Kier molecular flexibility index (Phi) is 2.76. The zero-order valence-corrected chi connectivity index (χ0v) is 7.71. The van der Waals surface area contributed by atoms with E-state index in [1.807, 2.05) is 0 Å². The Morgan fingerprint density at radius 1 is 1.73 bits per heavy atom. The third-order valence-corrected chi connectivity index (χ3v) is 1.72. The number of pyridine rings is 1. The molecule has 2 nitrogen and oxygen atoms in total. The Hall–Kier alpha value is -0.700. The number of alkyl halides is 1. The molecule has 1 atom stereocenters. The Bertz CT molecular complexity index is 246. The molecule has 0 fully saturated rings. The predicted molar refractivity (Wildman–Crippen MR) is 47.0 cm³/mol. The van der Waals surface area contributed by atoms with Crippen molar-refractivity contribution in [1.29, 1.82) is 0 Å². The van der Waals surface area contributed by atoms with E-state index in [0.29, 0.717) is 5.56 Å². The van der Waals surface area contributed by atoms with Crippen LogP contribution in [-0.2, 0) is 0 Å². The van der Waals surface area contributed by atoms with Gasteiger partial charge in [0.25, 0.3) is 0 Å². The normalized spacial score (nSPS) is 12.5. The van der Waals surface area contributed by atoms with Gasteiger partial charge in [0.2, 0.25) is 0 Å². The first-order valence-corrected chi connectivity index (χ1v) is 4.21. The summed E-state index contributed by atoms with van der Waals surface area (Å²) in [5, 5.41) is 0. The van der Waals surface area contributed by atoms with Crippen LogP contribution in [0.15, 0.2) is 24.5 Å². The third kappa shape index (κ3) is 2.12. The number of carbonyl (C=O) groups excluding carboxylic acids is 1. The van der Waals surface area contributed by atoms with Crippen molar-refractivity contribution < 1.29 is 4.79 Å². The summed E-state index contributed by atoms with van der Waals surface area (Å²) in [6, 6.07) is 3.51. The Labute approximate surface area is 73.8 Å². The van der Waals surface area contributed by atoms with Gasteiger partial charge in [0, 0.05) is 18.0 Å². The van der Waals surface area contributed by atoms with E-state index >= 15 is 0 Å². The fourth-order valence-corrected chi connectivity index (χ4v) is 1.00. The SMILES string of the molecule is C[C@H](Br)C(=O)c1cccnc1. The molecule has 1 rings (SSSR count). The smallest absolute Gasteiger partial charge is 0.177 e. The monoisotopic (exact) mass is 213 g/mol. The van der Waals surface area contributed by atoms with Gasteiger partial charge >= 0.3 is 0 Å². The van der Waals surface area contributed by atoms with E-state index < -0.39 is 0 Å². The second kappa shape index (κ2) is 3.62. The molecule has 0 spiro atoms. The van der Waals surface area contributed by atoms with Crippen molar-refractivity contribution in [1.82, 2.24) is 4.98 Å². The average Bonchev–Trinajstić information content (AvgIpc) is 2.05. The molecule has 58 valence electrons. The second-order valence-electron chi connectivity index (χ2n) is 2.22. The molecule has 0 amide bonds. The standard InChI is InChI=1S/C8H8BrNO/c1-6(9)8(11)7-3-2-4-10-5-7/h2-6H,1H3/t6-/m0/s1. The molecule has 11 heavy (non-hydrogen) atoms. The topological polar surface area (TPSA) is 30.0 Å². The summed E-state index contributed by atoms with van der Waals surface area (Å²) in [6.07, 6.45) is 3.22. The lowest BCUT2D eigenvalue weighted by atomic mass is 10.1. The van der Waals surface area contributed by atoms with Crippen molar-refractivity contribution >= 4 is 21.7 Å². The Morgan fingerprint density at radius 3 is 2.91 bits per heavy atom. The molecule has 0 aromatic carbocycles. The van der Waals surface area contributed by atoms with Crippen LogP contribution in [-0.4, -0.2) is 15.6 Å². The van der Waals surface area contributed by atoms with Crippen molar-refractivity contribution in [2.24, 2.45) is 0 Å². The van der Waals surface area contributed by atoms with E-state index in [9.17, 15) is 4.79 Å². The molecule has 0 N–H and O–H groups in total. The van der Waals surface area contributed by atoms with Crippen molar-refractivity contribution in [2.45, 2.75) is 11.8 Å². The first-order valence-electron chi connectivity index (χ1n) is 3.30. The highest BCUT2D eigenvalue weighted by Gasteiger charge is 2.10. The zero-order valence-electron chi connectivity index (χ0n) is 6.12. The molecular weight excluding hydrogens is 206 g/mol. The largest absolute Gasteiger partial charge is 0.293 e. The molecule has 0 unspecified atom stereocenters. The first kappa shape index (κ1) is 8.40. The van der Waals surface area contributed by atoms with Gasteiger partial charge in [0.1, 0.15) is 0 Å². The molecule has 1 aromatic heterocycles. The van der Waals surface area contributed by atoms with Gasteiger partial charge in [-0.1, -0.05) is 15.9 Å². The van der Waals surface area contributed by atoms with Gasteiger partial charge < -0.3 is 0 Å². The van der Waals surface area contributed by atoms with E-state index in [0.717, 1.165) is 0 Å². The van der Waals surface area contributed by atoms with Crippen LogP contribution in [0.3, 0.4) is 0 Å². The van der Waals surface area contributed by atoms with E-state index in [1.165, 1.54) is 0 Å². The van der Waals surface area contributed by atoms with Crippen LogP contribution in [0.4, 0.5) is 0 Å². The number of aromatic nitrogens is 1. The maximum absolute atomic E-state index is 11.3. The van der Waals surface area contributed by atoms with Gasteiger partial charge in [-0.25, -0.2) is 0 Å². The number of carbonyl (C=O) groups is 1. The first-order chi connectivity index (χ1) is 5.22. The van der Waals surface area contributed by atoms with Gasteiger partial charge in [-0.2, -0.15) is 0 Å². The summed E-state index contributed by atoms with van der Waals surface area (Å²) in [7, 11) is 0. The summed E-state index contributed by atoms with van der Waals surface area (Å²) in [4.78, 5) is 15.0. The van der Waals surface area contributed by atoms with Gasteiger partial charge in [-0.05, 0) is 19.1 Å². The van der Waals surface area contributed by atoms with Gasteiger partial charge in [-0.15, -0.1) is 0 Å². The molecule has 0 aliphatic carbocycles. The Morgan fingerprint density at radius 2 is 2.45 bits per heavy atom. The number of hydrogen-bond acceptors (Lipinski definition) is 2. The molecule has 1 heterocycles. The molecule has 0 bridgehead atoms. The lowest BCUT2D eigenvalue weighted by molar-refractivity contribution is 0.0995. The zero-order chi connectivity index (χ0) is 8.27. The summed E-state index contributed by atoms with van der Waals surface area (Å²) in [6.45, 7) is 1.80. The highest BCUT2D eigenvalue weighted by atomic mass is 79.9. The minimum absolute atomic E-state index is 0.0677. The van der Waals surface area contributed by atoms with Gasteiger partial charge in [-0.3, -0.25) is 9.78 Å². The van der Waals surface area contributed by atoms with Crippen LogP contribution in [0.5, 0.6) is 0 Å². The molecule has 3 heteroatoms. The number of rotatable bonds is 2. The maximum atomic E-state index is 11.3. The summed E-state index contributed by atoms with van der Waals surface area (Å²) in [5.74, 6) is 0.0677. The molecule has 0 aliphatic rings. The predicted octanol–water partition coefficient (Wildman–Crippen LogP) is 2.05. The van der Waals surface area contributed by atoms with Crippen LogP contribution in [0.2, 0.25) is 0 Å². The lowest BCUT2D eigenvalue weighted by Gasteiger charge is -1.99. The molecule has 0 saturated heterocycles. The summed E-state index contributed by atoms with van der Waals surface area (Å²) < 4.78 is 0. The van der Waals surface area contributed by atoms with E-state index in [2.05, 4.69) is 20.9 Å². The molecule has 1 aromatic rings. The minimum Gasteiger partial charge on any atom is -0.293 e. The van der Waals surface area contributed by atoms with Crippen LogP contribution in [0.1, 0.15) is 17.3 Å². The summed E-state index contributed by atoms with van der Waals surface area (Å²) in [5.41, 5.74) is 0.650. The fraction of sp³-hybridized carbons (Fsp3) is 0.250. The van der Waals surface area contributed by atoms with Crippen molar-refractivity contribution in [2.75, 3.05) is 0 Å². The number of nitrogens with zero attached hydrogens (tertiary/aromatic N) is 1. The number of Topliss-reactive ketones (excluding diaryl/α,β-unsaturated/α-hetero) is 1. The highest BCUT2D eigenvalue weighted by Crippen LogP contribution is 2.07. The Balaban J connectivity index is 2.86. The molecule has 0 radical (unpaired) electrons. The molecule has 0 saturated carbocycles. The van der Waals surface area contributed by atoms with Gasteiger partial charge in [0.15, 0.2) is 5.78 Å². The molecule has 0 aliphatic heterocycles. The quantitative estimate of drug-likeness (QED) is 0.557. The highest BCUT2D eigenvalue weighted by molar-refractivity contribution is 9.10. The van der Waals surface area contributed by atoms with Crippen LogP contribution >= 0.6 is 15.9 Å². The summed E-state index contributed by atoms with van der Waals surface area (Å²) >= 11 is 3.20. The average molecular weight is 214 g/mol. The number of halogens is 1. The number of ketones is 1. The molecular formula is C8H8BrNO. The van der Waals surface area contributed by atoms with Gasteiger partial charge in [0.05, 0.1) is 4.83 Å². The third-order valence-electron chi connectivity index (χ3n) is 1.31. The number of hydrogen-bond donors (Lipinski definition) is 0. The van der Waals surface area contributed by atoms with Crippen LogP contribution < -0.4 is 0 Å². The van der Waals surface area contributed by atoms with E-state index in [4.69, 9.17) is 0 Å². The van der Waals surface area contributed by atoms with E-state index in [1.54, 1.807) is 31.5 Å².